The summed E-state index contributed by atoms with van der Waals surface area (Å²) in [4.78, 5) is 12.1. The van der Waals surface area contributed by atoms with Crippen molar-refractivity contribution >= 4 is 11.6 Å². The average molecular weight is 287 g/mol. The third kappa shape index (κ3) is 2.10. The number of para-hydroxylation sites is 2. The van der Waals surface area contributed by atoms with Crippen molar-refractivity contribution in [3.63, 3.8) is 0 Å². The number of aromatic nitrogens is 2. The van der Waals surface area contributed by atoms with Crippen LogP contribution < -0.4 is 5.56 Å². The zero-order chi connectivity index (χ0) is 14.1. The van der Waals surface area contributed by atoms with Crippen molar-refractivity contribution in [1.29, 1.82) is 0 Å². The first-order chi connectivity index (χ1) is 9.66. The van der Waals surface area contributed by atoms with Gasteiger partial charge in [0.15, 0.2) is 0 Å². The summed E-state index contributed by atoms with van der Waals surface area (Å²) >= 11 is 6.09. The van der Waals surface area contributed by atoms with Crippen LogP contribution in [0.2, 0.25) is 5.02 Å². The second kappa shape index (κ2) is 4.90. The lowest BCUT2D eigenvalue weighted by atomic mass is 10.1. The Labute approximate surface area is 119 Å². The normalized spacial score (nSPS) is 10.7. The Morgan fingerprint density at radius 2 is 1.75 bits per heavy atom. The van der Waals surface area contributed by atoms with Crippen LogP contribution in [0.4, 0.5) is 0 Å². The molecule has 0 saturated heterocycles. The minimum Gasteiger partial charge on any atom is -0.507 e. The van der Waals surface area contributed by atoms with Gasteiger partial charge in [0, 0.05) is 11.6 Å². The van der Waals surface area contributed by atoms with Crippen LogP contribution in [0.3, 0.4) is 0 Å². The van der Waals surface area contributed by atoms with E-state index in [4.69, 9.17) is 11.6 Å². The molecule has 1 heterocycles. The number of hydrogen-bond donors (Lipinski definition) is 2. The maximum atomic E-state index is 12.1. The third-order valence-electron chi connectivity index (χ3n) is 3.01. The van der Waals surface area contributed by atoms with Gasteiger partial charge in [0.05, 0.1) is 16.4 Å². The number of benzene rings is 2. The molecule has 5 heteroatoms. The van der Waals surface area contributed by atoms with Gasteiger partial charge in [-0.05, 0) is 24.3 Å². The van der Waals surface area contributed by atoms with Crippen molar-refractivity contribution in [3.8, 4) is 22.7 Å². The zero-order valence-corrected chi connectivity index (χ0v) is 11.1. The molecule has 0 aliphatic heterocycles. The fourth-order valence-corrected chi connectivity index (χ4v) is 2.27. The molecule has 100 valence electrons. The summed E-state index contributed by atoms with van der Waals surface area (Å²) in [5.41, 5.74) is 1.43. The Morgan fingerprint density at radius 1 is 1.05 bits per heavy atom. The Hall–Kier alpha value is -2.46. The second-order valence-electron chi connectivity index (χ2n) is 4.31. The van der Waals surface area contributed by atoms with E-state index in [1.807, 2.05) is 0 Å². The molecule has 0 bridgehead atoms. The SMILES string of the molecule is O=c1cc(-c2ccccc2O)[nH]n1-c1ccccc1Cl. The van der Waals surface area contributed by atoms with E-state index >= 15 is 0 Å². The minimum atomic E-state index is -0.239. The molecule has 0 atom stereocenters. The number of nitrogens with zero attached hydrogens (tertiary/aromatic N) is 1. The first kappa shape index (κ1) is 12.6. The first-order valence-electron chi connectivity index (χ1n) is 6.02. The van der Waals surface area contributed by atoms with Crippen LogP contribution in [0, 0.1) is 0 Å². The van der Waals surface area contributed by atoms with E-state index in [9.17, 15) is 9.90 Å². The highest BCUT2D eigenvalue weighted by atomic mass is 35.5. The van der Waals surface area contributed by atoms with Crippen LogP contribution in [0.25, 0.3) is 16.9 Å². The lowest BCUT2D eigenvalue weighted by Crippen LogP contribution is -2.13. The highest BCUT2D eigenvalue weighted by Gasteiger charge is 2.11. The molecule has 1 aromatic heterocycles. The van der Waals surface area contributed by atoms with E-state index in [1.165, 1.54) is 10.7 Å². The van der Waals surface area contributed by atoms with Gasteiger partial charge in [-0.25, -0.2) is 4.68 Å². The number of rotatable bonds is 2. The van der Waals surface area contributed by atoms with E-state index in [0.717, 1.165) is 0 Å². The lowest BCUT2D eigenvalue weighted by Gasteiger charge is -2.05. The number of hydrogen-bond acceptors (Lipinski definition) is 2. The molecule has 3 rings (SSSR count). The molecule has 20 heavy (non-hydrogen) atoms. The molecule has 3 aromatic rings. The summed E-state index contributed by atoms with van der Waals surface area (Å²) in [5.74, 6) is 0.111. The van der Waals surface area contributed by atoms with Crippen molar-refractivity contribution in [2.75, 3.05) is 0 Å². The van der Waals surface area contributed by atoms with Crippen molar-refractivity contribution in [3.05, 3.63) is 70.0 Å². The van der Waals surface area contributed by atoms with Gasteiger partial charge in [0.25, 0.3) is 5.56 Å². The molecule has 0 aliphatic carbocycles. The predicted octanol–water partition coefficient (Wildman–Crippen LogP) is 3.19. The maximum absolute atomic E-state index is 12.1. The molecule has 2 N–H and O–H groups in total. The van der Waals surface area contributed by atoms with Crippen LogP contribution in [0.5, 0.6) is 5.75 Å². The quantitative estimate of drug-likeness (QED) is 0.760. The Kier molecular flexibility index (Phi) is 3.08. The molecule has 4 nitrogen and oxygen atoms in total. The number of phenols is 1. The van der Waals surface area contributed by atoms with Gasteiger partial charge in [-0.1, -0.05) is 35.9 Å². The van der Waals surface area contributed by atoms with Crippen LogP contribution in [0.15, 0.2) is 59.4 Å². The number of H-pyrrole nitrogens is 1. The fourth-order valence-electron chi connectivity index (χ4n) is 2.05. The van der Waals surface area contributed by atoms with Crippen LogP contribution in [-0.2, 0) is 0 Å². The standard InChI is InChI=1S/C15H11ClN2O2/c16-11-6-2-3-7-13(11)18-15(20)9-12(17-18)10-5-1-4-8-14(10)19/h1-9,17,19H. The smallest absolute Gasteiger partial charge is 0.271 e. The molecule has 0 fully saturated rings. The number of aromatic amines is 1. The number of phenolic OH excluding ortho intramolecular Hbond substituents is 1. The van der Waals surface area contributed by atoms with E-state index in [2.05, 4.69) is 5.10 Å². The van der Waals surface area contributed by atoms with Crippen LogP contribution >= 0.6 is 11.6 Å². The molecule has 2 aromatic carbocycles. The molecule has 0 amide bonds. The zero-order valence-electron chi connectivity index (χ0n) is 10.4. The van der Waals surface area contributed by atoms with Crippen molar-refractivity contribution in [2.24, 2.45) is 0 Å². The van der Waals surface area contributed by atoms with Crippen molar-refractivity contribution in [1.82, 2.24) is 9.78 Å². The summed E-state index contributed by atoms with van der Waals surface area (Å²) in [6.07, 6.45) is 0. The number of aromatic hydroxyl groups is 1. The van der Waals surface area contributed by atoms with Gasteiger partial charge in [0.2, 0.25) is 0 Å². The highest BCUT2D eigenvalue weighted by molar-refractivity contribution is 6.32. The third-order valence-corrected chi connectivity index (χ3v) is 3.33. The molecular weight excluding hydrogens is 276 g/mol. The van der Waals surface area contributed by atoms with E-state index < -0.39 is 0 Å². The number of halogens is 1. The monoisotopic (exact) mass is 286 g/mol. The van der Waals surface area contributed by atoms with E-state index in [0.29, 0.717) is 22.0 Å². The fraction of sp³-hybridized carbons (Fsp3) is 0. The number of nitrogens with one attached hydrogen (secondary N) is 1. The summed E-state index contributed by atoms with van der Waals surface area (Å²) in [5, 5.41) is 13.3. The van der Waals surface area contributed by atoms with E-state index in [-0.39, 0.29) is 11.3 Å². The van der Waals surface area contributed by atoms with Gasteiger partial charge in [-0.2, -0.15) is 0 Å². The topological polar surface area (TPSA) is 58.0 Å². The maximum Gasteiger partial charge on any atom is 0.271 e. The van der Waals surface area contributed by atoms with Gasteiger partial charge >= 0.3 is 0 Å². The average Bonchev–Trinajstić information content (AvgIpc) is 2.81. The molecule has 0 saturated carbocycles. The molecular formula is C15H11ClN2O2. The summed E-state index contributed by atoms with van der Waals surface area (Å²) in [6, 6.07) is 15.3. The lowest BCUT2D eigenvalue weighted by molar-refractivity contribution is 0.477. The second-order valence-corrected chi connectivity index (χ2v) is 4.72. The highest BCUT2D eigenvalue weighted by Crippen LogP contribution is 2.27. The van der Waals surface area contributed by atoms with E-state index in [1.54, 1.807) is 48.5 Å². The molecule has 0 unspecified atom stereocenters. The molecule has 0 aliphatic rings. The summed E-state index contributed by atoms with van der Waals surface area (Å²) in [7, 11) is 0. The summed E-state index contributed by atoms with van der Waals surface area (Å²) < 4.78 is 1.35. The predicted molar refractivity (Wildman–Crippen MR) is 78.5 cm³/mol. The Morgan fingerprint density at radius 3 is 2.50 bits per heavy atom. The van der Waals surface area contributed by atoms with Crippen molar-refractivity contribution in [2.45, 2.75) is 0 Å². The van der Waals surface area contributed by atoms with Gasteiger partial charge in [-0.15, -0.1) is 0 Å². The van der Waals surface area contributed by atoms with Crippen molar-refractivity contribution < 1.29 is 5.11 Å². The van der Waals surface area contributed by atoms with Crippen LogP contribution in [0.1, 0.15) is 0 Å². The molecule has 0 radical (unpaired) electrons. The Bertz CT molecular complexity index is 820. The first-order valence-corrected chi connectivity index (χ1v) is 6.40. The molecule has 0 spiro atoms. The van der Waals surface area contributed by atoms with Crippen LogP contribution in [-0.4, -0.2) is 14.9 Å². The summed E-state index contributed by atoms with van der Waals surface area (Å²) in [6.45, 7) is 0. The minimum absolute atomic E-state index is 0.111. The van der Waals surface area contributed by atoms with Gasteiger partial charge < -0.3 is 5.11 Å². The largest absolute Gasteiger partial charge is 0.507 e. The van der Waals surface area contributed by atoms with Gasteiger partial charge in [-0.3, -0.25) is 9.89 Å². The van der Waals surface area contributed by atoms with Gasteiger partial charge in [0.1, 0.15) is 5.75 Å². The Balaban J connectivity index is 2.16.